The first-order valence-corrected chi connectivity index (χ1v) is 9.09. The molecule has 0 spiro atoms. The SMILES string of the molecule is C=[C-]C(CC(=O)C(C)C(=NC)c1ccccc1)Cc1ccc(C)c(C)c1.[Y]. The monoisotopic (exact) mass is 435 g/mol. The van der Waals surface area contributed by atoms with Crippen LogP contribution in [0.1, 0.15) is 35.6 Å². The number of carbonyl (C=O) groups excluding carboxylic acids is 1. The van der Waals surface area contributed by atoms with Gasteiger partial charge in [-0.1, -0.05) is 55.0 Å². The Morgan fingerprint density at radius 3 is 2.33 bits per heavy atom. The number of ketones is 1. The molecule has 2 atom stereocenters. The van der Waals surface area contributed by atoms with Gasteiger partial charge in [0, 0.05) is 39.8 Å². The number of benzene rings is 2. The molecule has 0 aromatic heterocycles. The van der Waals surface area contributed by atoms with Crippen LogP contribution in [0.3, 0.4) is 0 Å². The quantitative estimate of drug-likeness (QED) is 0.416. The van der Waals surface area contributed by atoms with E-state index in [1.54, 1.807) is 7.05 Å². The normalized spacial score (nSPS) is 13.4. The molecule has 139 valence electrons. The predicted octanol–water partition coefficient (Wildman–Crippen LogP) is 5.16. The molecule has 0 aliphatic carbocycles. The summed E-state index contributed by atoms with van der Waals surface area (Å²) >= 11 is 0. The second-order valence-electron chi connectivity index (χ2n) is 6.89. The Balaban J connectivity index is 0.00000364. The van der Waals surface area contributed by atoms with E-state index in [2.05, 4.69) is 49.7 Å². The number of rotatable bonds is 8. The Labute approximate surface area is 189 Å². The first kappa shape index (κ1) is 23.7. The van der Waals surface area contributed by atoms with Gasteiger partial charge in [0.25, 0.3) is 0 Å². The van der Waals surface area contributed by atoms with Crippen molar-refractivity contribution in [3.8, 4) is 0 Å². The molecule has 27 heavy (non-hydrogen) atoms. The van der Waals surface area contributed by atoms with Crippen LogP contribution < -0.4 is 0 Å². The molecule has 3 heteroatoms. The van der Waals surface area contributed by atoms with Crippen molar-refractivity contribution in [2.24, 2.45) is 16.8 Å². The molecule has 0 saturated heterocycles. The fraction of sp³-hybridized carbons (Fsp3) is 0.333. The summed E-state index contributed by atoms with van der Waals surface area (Å²) < 4.78 is 0. The van der Waals surface area contributed by atoms with Gasteiger partial charge in [0.2, 0.25) is 0 Å². The number of aryl methyl sites for hydroxylation is 2. The predicted molar refractivity (Wildman–Crippen MR) is 110 cm³/mol. The standard InChI is InChI=1S/C24H28NO.Y/c1-6-20(15-21-13-12-17(2)18(3)14-21)16-23(26)19(4)24(25-5)22-10-8-7-9-11-22;/h7-14,19-20H,1,15-16H2,2-5H3;/q-1;. The van der Waals surface area contributed by atoms with Gasteiger partial charge >= 0.3 is 0 Å². The molecule has 2 aromatic carbocycles. The second kappa shape index (κ2) is 11.5. The van der Waals surface area contributed by atoms with Crippen LogP contribution in [0.15, 0.2) is 60.1 Å². The summed E-state index contributed by atoms with van der Waals surface area (Å²) in [6, 6.07) is 16.4. The fourth-order valence-corrected chi connectivity index (χ4v) is 3.19. The molecule has 1 radical (unpaired) electrons. The van der Waals surface area contributed by atoms with E-state index in [4.69, 9.17) is 0 Å². The van der Waals surface area contributed by atoms with Crippen LogP contribution in [0.25, 0.3) is 0 Å². The van der Waals surface area contributed by atoms with Crippen molar-refractivity contribution in [3.05, 3.63) is 83.4 Å². The van der Waals surface area contributed by atoms with E-state index < -0.39 is 0 Å². The summed E-state index contributed by atoms with van der Waals surface area (Å²) in [7, 11) is 1.75. The summed E-state index contributed by atoms with van der Waals surface area (Å²) in [6.07, 6.45) is 4.28. The Kier molecular flexibility index (Phi) is 10.0. The third-order valence-corrected chi connectivity index (χ3v) is 4.99. The van der Waals surface area contributed by atoms with E-state index in [-0.39, 0.29) is 50.3 Å². The van der Waals surface area contributed by atoms with Gasteiger partial charge < -0.3 is 6.08 Å². The van der Waals surface area contributed by atoms with Gasteiger partial charge in [-0.15, -0.1) is 0 Å². The minimum Gasteiger partial charge on any atom is -0.500 e. The second-order valence-corrected chi connectivity index (χ2v) is 6.89. The van der Waals surface area contributed by atoms with Crippen LogP contribution in [0.4, 0.5) is 0 Å². The molecule has 0 aliphatic heterocycles. The van der Waals surface area contributed by atoms with Crippen molar-refractivity contribution >= 4 is 11.5 Å². The van der Waals surface area contributed by atoms with Gasteiger partial charge in [-0.25, -0.2) is 0 Å². The van der Waals surface area contributed by atoms with Crippen molar-refractivity contribution in [1.29, 1.82) is 0 Å². The van der Waals surface area contributed by atoms with Gasteiger partial charge in [0.1, 0.15) is 5.78 Å². The molecule has 2 nitrogen and oxygen atoms in total. The summed E-state index contributed by atoms with van der Waals surface area (Å²) in [6.45, 7) is 9.98. The average molecular weight is 435 g/mol. The molecule has 0 aliphatic rings. The van der Waals surface area contributed by atoms with Crippen molar-refractivity contribution in [1.82, 2.24) is 0 Å². The van der Waals surface area contributed by atoms with Crippen LogP contribution >= 0.6 is 0 Å². The summed E-state index contributed by atoms with van der Waals surface area (Å²) in [5.41, 5.74) is 5.62. The van der Waals surface area contributed by atoms with E-state index >= 15 is 0 Å². The number of hydrogen-bond acceptors (Lipinski definition) is 2. The minimum atomic E-state index is -0.238. The molecule has 2 aromatic rings. The number of allylic oxidation sites excluding steroid dienone is 1. The average Bonchev–Trinajstić information content (AvgIpc) is 2.65. The number of nitrogens with zero attached hydrogens (tertiary/aromatic N) is 1. The number of aliphatic imine (C=N–C) groups is 1. The topological polar surface area (TPSA) is 29.4 Å². The molecule has 0 N–H and O–H groups in total. The third-order valence-electron chi connectivity index (χ3n) is 4.99. The third kappa shape index (κ3) is 6.62. The van der Waals surface area contributed by atoms with E-state index in [0.29, 0.717) is 6.42 Å². The smallest absolute Gasteiger partial charge is 0.139 e. The van der Waals surface area contributed by atoms with Crippen LogP contribution in [0, 0.1) is 31.8 Å². The molecular formula is C24H28NOY-. The van der Waals surface area contributed by atoms with E-state index in [9.17, 15) is 4.79 Å². The van der Waals surface area contributed by atoms with Crippen molar-refractivity contribution in [3.63, 3.8) is 0 Å². The maximum absolute atomic E-state index is 12.8. The maximum Gasteiger partial charge on any atom is 0.139 e. The number of hydrogen-bond donors (Lipinski definition) is 0. The zero-order valence-corrected chi connectivity index (χ0v) is 19.7. The first-order valence-electron chi connectivity index (χ1n) is 9.09. The van der Waals surface area contributed by atoms with E-state index in [0.717, 1.165) is 17.7 Å². The fourth-order valence-electron chi connectivity index (χ4n) is 3.19. The Morgan fingerprint density at radius 1 is 1.11 bits per heavy atom. The molecule has 0 heterocycles. The Morgan fingerprint density at radius 2 is 1.78 bits per heavy atom. The summed E-state index contributed by atoms with van der Waals surface area (Å²) in [5.74, 6) is -0.0432. The van der Waals surface area contributed by atoms with Crippen LogP contribution in [-0.4, -0.2) is 18.5 Å². The van der Waals surface area contributed by atoms with Crippen LogP contribution in [-0.2, 0) is 43.9 Å². The van der Waals surface area contributed by atoms with Gasteiger partial charge in [0.15, 0.2) is 0 Å². The zero-order chi connectivity index (χ0) is 19.1. The largest absolute Gasteiger partial charge is 0.500 e. The number of carbonyl (C=O) groups is 1. The van der Waals surface area contributed by atoms with Crippen molar-refractivity contribution in [2.45, 2.75) is 33.6 Å². The Bertz CT molecular complexity index is 795. The number of Topliss-reactive ketones (excluding diaryl/α,β-unsaturated/α-hetero) is 1. The Hall–Kier alpha value is -1.38. The van der Waals surface area contributed by atoms with Crippen molar-refractivity contribution < 1.29 is 37.5 Å². The summed E-state index contributed by atoms with van der Waals surface area (Å²) in [5, 5.41) is 0. The molecule has 0 amide bonds. The molecular weight excluding hydrogens is 407 g/mol. The summed E-state index contributed by atoms with van der Waals surface area (Å²) in [4.78, 5) is 17.2. The molecule has 2 rings (SSSR count). The molecule has 2 unspecified atom stereocenters. The van der Waals surface area contributed by atoms with Crippen LogP contribution in [0.5, 0.6) is 0 Å². The van der Waals surface area contributed by atoms with E-state index in [1.165, 1.54) is 16.7 Å². The van der Waals surface area contributed by atoms with Gasteiger partial charge in [0.05, 0.1) is 11.6 Å². The van der Waals surface area contributed by atoms with Crippen molar-refractivity contribution in [2.75, 3.05) is 7.05 Å². The van der Waals surface area contributed by atoms with E-state index in [1.807, 2.05) is 37.3 Å². The minimum absolute atomic E-state index is 0. The van der Waals surface area contributed by atoms with Gasteiger partial charge in [-0.05, 0) is 49.4 Å². The first-order chi connectivity index (χ1) is 12.5. The zero-order valence-electron chi connectivity index (χ0n) is 16.8. The van der Waals surface area contributed by atoms with Crippen LogP contribution in [0.2, 0.25) is 0 Å². The molecule has 0 bridgehead atoms. The van der Waals surface area contributed by atoms with Gasteiger partial charge in [-0.3, -0.25) is 16.4 Å². The maximum atomic E-state index is 12.8. The van der Waals surface area contributed by atoms with Gasteiger partial charge in [-0.2, -0.15) is 5.92 Å². The molecule has 0 saturated carbocycles. The molecule has 0 fully saturated rings.